The number of anilines is 1. The third-order valence-corrected chi connectivity index (χ3v) is 5.44. The van der Waals surface area contributed by atoms with Crippen LogP contribution in [0.1, 0.15) is 24.0 Å². The molecule has 3 rings (SSSR count). The highest BCUT2D eigenvalue weighted by atomic mass is 35.5. The normalized spacial score (nSPS) is 15.6. The van der Waals surface area contributed by atoms with Crippen molar-refractivity contribution in [2.45, 2.75) is 32.8 Å². The van der Waals surface area contributed by atoms with Gasteiger partial charge in [-0.3, -0.25) is 9.59 Å². The number of nitrogens with zero attached hydrogens (tertiary/aromatic N) is 1. The van der Waals surface area contributed by atoms with E-state index in [2.05, 4.69) is 5.32 Å². The molecule has 1 aliphatic heterocycles. The standard InChI is InChI=1S/C23H27ClN2O4/c1-16-5-3-7-21(17(16)2)25-22(27)14-26(13-20-6-4-12-29-20)23(28)15-30-19-10-8-18(24)9-11-19/h3,5,7-11,20H,4,6,12-15H2,1-2H3,(H,25,27). The molecule has 1 fully saturated rings. The van der Waals surface area contributed by atoms with E-state index in [1.165, 1.54) is 4.90 Å². The summed E-state index contributed by atoms with van der Waals surface area (Å²) in [4.78, 5) is 27.0. The Morgan fingerprint density at radius 1 is 1.20 bits per heavy atom. The zero-order valence-corrected chi connectivity index (χ0v) is 18.1. The van der Waals surface area contributed by atoms with Crippen LogP contribution >= 0.6 is 11.6 Å². The summed E-state index contributed by atoms with van der Waals surface area (Å²) in [6, 6.07) is 12.5. The maximum Gasteiger partial charge on any atom is 0.261 e. The Bertz CT molecular complexity index is 879. The molecular weight excluding hydrogens is 404 g/mol. The summed E-state index contributed by atoms with van der Waals surface area (Å²) in [7, 11) is 0. The van der Waals surface area contributed by atoms with E-state index in [4.69, 9.17) is 21.1 Å². The van der Waals surface area contributed by atoms with Crippen LogP contribution in [0.15, 0.2) is 42.5 Å². The number of carbonyl (C=O) groups is 2. The molecule has 1 N–H and O–H groups in total. The summed E-state index contributed by atoms with van der Waals surface area (Å²) in [6.45, 7) is 4.78. The van der Waals surface area contributed by atoms with E-state index < -0.39 is 0 Å². The minimum Gasteiger partial charge on any atom is -0.484 e. The van der Waals surface area contributed by atoms with Gasteiger partial charge in [0, 0.05) is 23.9 Å². The van der Waals surface area contributed by atoms with Crippen LogP contribution in [0, 0.1) is 13.8 Å². The second-order valence-corrected chi connectivity index (χ2v) is 7.88. The average molecular weight is 431 g/mol. The average Bonchev–Trinajstić information content (AvgIpc) is 3.23. The van der Waals surface area contributed by atoms with Gasteiger partial charge in [0.2, 0.25) is 5.91 Å². The van der Waals surface area contributed by atoms with Crippen molar-refractivity contribution in [2.75, 3.05) is 31.6 Å². The highest BCUT2D eigenvalue weighted by Crippen LogP contribution is 2.19. The lowest BCUT2D eigenvalue weighted by atomic mass is 10.1. The molecule has 0 spiro atoms. The van der Waals surface area contributed by atoms with Gasteiger partial charge >= 0.3 is 0 Å². The molecule has 2 aromatic rings. The highest BCUT2D eigenvalue weighted by molar-refractivity contribution is 6.30. The summed E-state index contributed by atoms with van der Waals surface area (Å²) in [5, 5.41) is 3.51. The number of benzene rings is 2. The maximum absolute atomic E-state index is 12.8. The first-order valence-electron chi connectivity index (χ1n) is 10.1. The van der Waals surface area contributed by atoms with E-state index in [1.54, 1.807) is 24.3 Å². The van der Waals surface area contributed by atoms with Crippen LogP contribution in [0.4, 0.5) is 5.69 Å². The second-order valence-electron chi connectivity index (χ2n) is 7.45. The minimum absolute atomic E-state index is 0.0574. The third-order valence-electron chi connectivity index (χ3n) is 5.19. The lowest BCUT2D eigenvalue weighted by molar-refractivity contribution is -0.138. The quantitative estimate of drug-likeness (QED) is 0.687. The lowest BCUT2D eigenvalue weighted by Gasteiger charge is -2.25. The van der Waals surface area contributed by atoms with Crippen molar-refractivity contribution in [1.29, 1.82) is 0 Å². The van der Waals surface area contributed by atoms with Crippen LogP contribution in [0.25, 0.3) is 0 Å². The Labute approximate surface area is 182 Å². The minimum atomic E-state index is -0.267. The predicted octanol–water partition coefficient (Wildman–Crippen LogP) is 3.98. The number of ether oxygens (including phenoxy) is 2. The molecule has 0 aromatic heterocycles. The predicted molar refractivity (Wildman–Crippen MR) is 117 cm³/mol. The van der Waals surface area contributed by atoms with Crippen LogP contribution < -0.4 is 10.1 Å². The molecule has 7 heteroatoms. The molecule has 0 bridgehead atoms. The van der Waals surface area contributed by atoms with Gasteiger partial charge in [0.25, 0.3) is 5.91 Å². The molecule has 160 valence electrons. The highest BCUT2D eigenvalue weighted by Gasteiger charge is 2.25. The fourth-order valence-corrected chi connectivity index (χ4v) is 3.43. The van der Waals surface area contributed by atoms with Crippen LogP contribution in [-0.2, 0) is 14.3 Å². The van der Waals surface area contributed by atoms with E-state index in [-0.39, 0.29) is 31.1 Å². The number of aryl methyl sites for hydroxylation is 1. The summed E-state index contributed by atoms with van der Waals surface area (Å²) in [5.41, 5.74) is 2.85. The van der Waals surface area contributed by atoms with Crippen molar-refractivity contribution in [3.05, 3.63) is 58.6 Å². The van der Waals surface area contributed by atoms with E-state index in [9.17, 15) is 9.59 Å². The fourth-order valence-electron chi connectivity index (χ4n) is 3.31. The van der Waals surface area contributed by atoms with Crippen LogP contribution in [0.5, 0.6) is 5.75 Å². The number of amides is 2. The summed E-state index contributed by atoms with van der Waals surface area (Å²) < 4.78 is 11.2. The van der Waals surface area contributed by atoms with Crippen molar-refractivity contribution in [3.63, 3.8) is 0 Å². The number of rotatable bonds is 8. The van der Waals surface area contributed by atoms with E-state index in [0.29, 0.717) is 23.9 Å². The number of nitrogens with one attached hydrogen (secondary N) is 1. The van der Waals surface area contributed by atoms with Gasteiger partial charge in [-0.05, 0) is 68.1 Å². The van der Waals surface area contributed by atoms with Gasteiger partial charge in [0.1, 0.15) is 12.3 Å². The van der Waals surface area contributed by atoms with Gasteiger partial charge in [-0.15, -0.1) is 0 Å². The Morgan fingerprint density at radius 3 is 2.67 bits per heavy atom. The maximum atomic E-state index is 12.8. The van der Waals surface area contributed by atoms with Gasteiger partial charge in [-0.2, -0.15) is 0 Å². The largest absolute Gasteiger partial charge is 0.484 e. The van der Waals surface area contributed by atoms with E-state index >= 15 is 0 Å². The number of carbonyl (C=O) groups excluding carboxylic acids is 2. The van der Waals surface area contributed by atoms with Crippen molar-refractivity contribution in [1.82, 2.24) is 4.90 Å². The van der Waals surface area contributed by atoms with E-state index in [1.807, 2.05) is 32.0 Å². The zero-order valence-electron chi connectivity index (χ0n) is 17.3. The number of hydrogen-bond acceptors (Lipinski definition) is 4. The molecule has 6 nitrogen and oxygen atoms in total. The first-order valence-corrected chi connectivity index (χ1v) is 10.4. The lowest BCUT2D eigenvalue weighted by Crippen LogP contribution is -2.44. The zero-order chi connectivity index (χ0) is 21.5. The summed E-state index contributed by atoms with van der Waals surface area (Å²) >= 11 is 5.88. The van der Waals surface area contributed by atoms with Gasteiger partial charge < -0.3 is 19.7 Å². The van der Waals surface area contributed by atoms with Crippen molar-refractivity contribution in [2.24, 2.45) is 0 Å². The molecule has 0 radical (unpaired) electrons. The fraction of sp³-hybridized carbons (Fsp3) is 0.391. The third kappa shape index (κ3) is 6.21. The number of halogens is 1. The topological polar surface area (TPSA) is 67.9 Å². The monoisotopic (exact) mass is 430 g/mol. The molecule has 1 aliphatic rings. The molecule has 30 heavy (non-hydrogen) atoms. The van der Waals surface area contributed by atoms with Crippen molar-refractivity contribution in [3.8, 4) is 5.75 Å². The molecule has 2 amide bonds. The van der Waals surface area contributed by atoms with Gasteiger partial charge in [0.05, 0.1) is 6.10 Å². The molecule has 0 saturated carbocycles. The molecule has 1 heterocycles. The van der Waals surface area contributed by atoms with E-state index in [0.717, 1.165) is 29.7 Å². The summed E-state index contributed by atoms with van der Waals surface area (Å²) in [6.07, 6.45) is 1.78. The van der Waals surface area contributed by atoms with Crippen molar-refractivity contribution >= 4 is 29.1 Å². The Hall–Kier alpha value is -2.57. The first kappa shape index (κ1) is 22.1. The first-order chi connectivity index (χ1) is 14.4. The molecule has 1 saturated heterocycles. The second kappa shape index (κ2) is 10.5. The molecule has 0 aliphatic carbocycles. The Balaban J connectivity index is 1.63. The van der Waals surface area contributed by atoms with Gasteiger partial charge in [0.15, 0.2) is 6.61 Å². The van der Waals surface area contributed by atoms with Gasteiger partial charge in [-0.25, -0.2) is 0 Å². The van der Waals surface area contributed by atoms with Crippen LogP contribution in [-0.4, -0.2) is 49.1 Å². The van der Waals surface area contributed by atoms with Crippen molar-refractivity contribution < 1.29 is 19.1 Å². The molecule has 1 unspecified atom stereocenters. The number of hydrogen-bond donors (Lipinski definition) is 1. The Morgan fingerprint density at radius 2 is 1.97 bits per heavy atom. The molecule has 2 aromatic carbocycles. The van der Waals surface area contributed by atoms with Crippen LogP contribution in [0.3, 0.4) is 0 Å². The SMILES string of the molecule is Cc1cccc(NC(=O)CN(CC2CCCO2)C(=O)COc2ccc(Cl)cc2)c1C. The summed E-state index contributed by atoms with van der Waals surface area (Å²) in [5.74, 6) is 0.0303. The molecular formula is C23H27ClN2O4. The van der Waals surface area contributed by atoms with Crippen LogP contribution in [0.2, 0.25) is 5.02 Å². The van der Waals surface area contributed by atoms with Gasteiger partial charge in [-0.1, -0.05) is 23.7 Å². The Kier molecular flexibility index (Phi) is 7.71. The smallest absolute Gasteiger partial charge is 0.261 e. The molecule has 1 atom stereocenters.